The van der Waals surface area contributed by atoms with Crippen molar-refractivity contribution in [3.63, 3.8) is 0 Å². The van der Waals surface area contributed by atoms with Gasteiger partial charge in [-0.1, -0.05) is 0 Å². The van der Waals surface area contributed by atoms with Crippen LogP contribution in [0.25, 0.3) is 0 Å². The molecule has 1 saturated carbocycles. The zero-order valence-electron chi connectivity index (χ0n) is 15.6. The third-order valence-electron chi connectivity index (χ3n) is 5.39. The van der Waals surface area contributed by atoms with E-state index in [2.05, 4.69) is 29.0 Å². The molecule has 7 heteroatoms. The van der Waals surface area contributed by atoms with Crippen molar-refractivity contribution in [3.8, 4) is 0 Å². The molecule has 0 aromatic rings. The standard InChI is InChI=1S/C18H33N3O2.2ClH/c1-14-11-20(12-15(2)23-14)13-17-5-7-21(8-6-17)18(22)10-19-9-16-3-4-16;;/h14-17,19H,3-13H2,1-2H3;2*1H. The average Bonchev–Trinajstić information content (AvgIpc) is 3.31. The van der Waals surface area contributed by atoms with E-state index in [1.807, 2.05) is 0 Å². The fourth-order valence-corrected chi connectivity index (χ4v) is 3.98. The van der Waals surface area contributed by atoms with Gasteiger partial charge in [0.1, 0.15) is 0 Å². The summed E-state index contributed by atoms with van der Waals surface area (Å²) in [6.45, 7) is 11.0. The first-order valence-electron chi connectivity index (χ1n) is 9.46. The Kier molecular flexibility index (Phi) is 10.0. The Morgan fingerprint density at radius 2 is 1.60 bits per heavy atom. The van der Waals surface area contributed by atoms with Crippen molar-refractivity contribution < 1.29 is 9.53 Å². The predicted octanol–water partition coefficient (Wildman–Crippen LogP) is 2.18. The van der Waals surface area contributed by atoms with E-state index in [1.54, 1.807) is 0 Å². The quantitative estimate of drug-likeness (QED) is 0.748. The third kappa shape index (κ3) is 7.59. The average molecular weight is 396 g/mol. The van der Waals surface area contributed by atoms with Gasteiger partial charge in [-0.25, -0.2) is 0 Å². The van der Waals surface area contributed by atoms with Gasteiger partial charge in [0.15, 0.2) is 0 Å². The highest BCUT2D eigenvalue weighted by Crippen LogP contribution is 2.27. The number of morpholine rings is 1. The normalized spacial score (nSPS) is 28.2. The number of carbonyl (C=O) groups is 1. The van der Waals surface area contributed by atoms with Crippen LogP contribution in [0.4, 0.5) is 0 Å². The summed E-state index contributed by atoms with van der Waals surface area (Å²) in [4.78, 5) is 16.8. The molecule has 5 nitrogen and oxygen atoms in total. The van der Waals surface area contributed by atoms with Gasteiger partial charge in [-0.05, 0) is 57.9 Å². The Bertz CT molecular complexity index is 392. The number of hydrogen-bond acceptors (Lipinski definition) is 4. The molecular weight excluding hydrogens is 361 g/mol. The maximum atomic E-state index is 12.2. The van der Waals surface area contributed by atoms with Crippen LogP contribution in [0.15, 0.2) is 0 Å². The lowest BCUT2D eigenvalue weighted by Gasteiger charge is -2.39. The van der Waals surface area contributed by atoms with E-state index in [-0.39, 0.29) is 30.7 Å². The van der Waals surface area contributed by atoms with E-state index >= 15 is 0 Å². The fourth-order valence-electron chi connectivity index (χ4n) is 3.98. The van der Waals surface area contributed by atoms with Gasteiger partial charge in [0.2, 0.25) is 5.91 Å². The molecule has 3 aliphatic rings. The zero-order valence-corrected chi connectivity index (χ0v) is 17.2. The van der Waals surface area contributed by atoms with E-state index < -0.39 is 0 Å². The molecule has 25 heavy (non-hydrogen) atoms. The Labute approximate surface area is 165 Å². The molecule has 0 radical (unpaired) electrons. The smallest absolute Gasteiger partial charge is 0.236 e. The van der Waals surface area contributed by atoms with Crippen molar-refractivity contribution in [1.82, 2.24) is 15.1 Å². The van der Waals surface area contributed by atoms with Crippen molar-refractivity contribution in [3.05, 3.63) is 0 Å². The van der Waals surface area contributed by atoms with E-state index in [9.17, 15) is 4.79 Å². The number of nitrogens with zero attached hydrogens (tertiary/aromatic N) is 2. The number of rotatable bonds is 6. The minimum atomic E-state index is 0. The Hall–Kier alpha value is -0.0700. The summed E-state index contributed by atoms with van der Waals surface area (Å²) in [5.74, 6) is 1.86. The zero-order chi connectivity index (χ0) is 16.2. The fraction of sp³-hybridized carbons (Fsp3) is 0.944. The monoisotopic (exact) mass is 395 g/mol. The van der Waals surface area contributed by atoms with Gasteiger partial charge in [0.25, 0.3) is 0 Å². The lowest BCUT2D eigenvalue weighted by atomic mass is 9.95. The first-order chi connectivity index (χ1) is 11.1. The van der Waals surface area contributed by atoms with E-state index in [0.29, 0.717) is 18.8 Å². The maximum absolute atomic E-state index is 12.2. The highest BCUT2D eigenvalue weighted by molar-refractivity contribution is 5.85. The lowest BCUT2D eigenvalue weighted by Crippen LogP contribution is -2.49. The third-order valence-corrected chi connectivity index (χ3v) is 5.39. The lowest BCUT2D eigenvalue weighted by molar-refractivity contribution is -0.131. The molecule has 1 N–H and O–H groups in total. The first-order valence-corrected chi connectivity index (χ1v) is 9.46. The SMILES string of the molecule is CC1CN(CC2CCN(C(=O)CNCC3CC3)CC2)CC(C)O1.Cl.Cl. The van der Waals surface area contributed by atoms with Crippen molar-refractivity contribution >= 4 is 30.7 Å². The highest BCUT2D eigenvalue weighted by Gasteiger charge is 2.28. The topological polar surface area (TPSA) is 44.8 Å². The van der Waals surface area contributed by atoms with Gasteiger partial charge in [-0.2, -0.15) is 0 Å². The maximum Gasteiger partial charge on any atom is 0.236 e. The number of amides is 1. The number of ether oxygens (including phenoxy) is 1. The van der Waals surface area contributed by atoms with Crippen LogP contribution in [-0.4, -0.2) is 73.7 Å². The van der Waals surface area contributed by atoms with Crippen LogP contribution in [-0.2, 0) is 9.53 Å². The largest absolute Gasteiger partial charge is 0.373 e. The molecule has 3 rings (SSSR count). The van der Waals surface area contributed by atoms with Crippen LogP contribution in [0.3, 0.4) is 0 Å². The molecule has 1 aliphatic carbocycles. The van der Waals surface area contributed by atoms with Gasteiger partial charge < -0.3 is 15.0 Å². The van der Waals surface area contributed by atoms with Crippen LogP contribution in [0.1, 0.15) is 39.5 Å². The van der Waals surface area contributed by atoms with Crippen LogP contribution >= 0.6 is 24.8 Å². The second kappa shape index (κ2) is 10.9. The summed E-state index contributed by atoms with van der Waals surface area (Å²) < 4.78 is 5.81. The predicted molar refractivity (Wildman–Crippen MR) is 106 cm³/mol. The molecule has 3 fully saturated rings. The van der Waals surface area contributed by atoms with E-state index in [4.69, 9.17) is 4.74 Å². The van der Waals surface area contributed by atoms with Crippen molar-refractivity contribution in [2.45, 2.75) is 51.7 Å². The number of carbonyl (C=O) groups excluding carboxylic acids is 1. The molecule has 2 unspecified atom stereocenters. The van der Waals surface area contributed by atoms with Crippen LogP contribution < -0.4 is 5.32 Å². The van der Waals surface area contributed by atoms with Crippen molar-refractivity contribution in [2.24, 2.45) is 11.8 Å². The van der Waals surface area contributed by atoms with Gasteiger partial charge >= 0.3 is 0 Å². The number of nitrogens with one attached hydrogen (secondary N) is 1. The number of piperidine rings is 1. The molecular formula is C18H35Cl2N3O2. The van der Waals surface area contributed by atoms with Crippen molar-refractivity contribution in [2.75, 3.05) is 45.8 Å². The molecule has 0 aromatic heterocycles. The van der Waals surface area contributed by atoms with Gasteiger partial charge in [0.05, 0.1) is 18.8 Å². The molecule has 148 valence electrons. The van der Waals surface area contributed by atoms with E-state index in [0.717, 1.165) is 57.4 Å². The molecule has 1 amide bonds. The summed E-state index contributed by atoms with van der Waals surface area (Å²) in [6.07, 6.45) is 5.66. The molecule has 0 bridgehead atoms. The van der Waals surface area contributed by atoms with Crippen LogP contribution in [0, 0.1) is 11.8 Å². The summed E-state index contributed by atoms with van der Waals surface area (Å²) in [5, 5.41) is 3.32. The minimum absolute atomic E-state index is 0. The Morgan fingerprint density at radius 3 is 2.16 bits per heavy atom. The van der Waals surface area contributed by atoms with Gasteiger partial charge in [-0.15, -0.1) is 24.8 Å². The summed E-state index contributed by atoms with van der Waals surface area (Å²) in [6, 6.07) is 0. The second-order valence-electron chi connectivity index (χ2n) is 7.87. The number of halogens is 2. The summed E-state index contributed by atoms with van der Waals surface area (Å²) in [7, 11) is 0. The molecule has 2 heterocycles. The molecule has 2 saturated heterocycles. The molecule has 0 aromatic carbocycles. The molecule has 2 aliphatic heterocycles. The first kappa shape index (κ1) is 23.0. The van der Waals surface area contributed by atoms with Gasteiger partial charge in [0, 0.05) is 32.7 Å². The van der Waals surface area contributed by atoms with Crippen LogP contribution in [0.2, 0.25) is 0 Å². The van der Waals surface area contributed by atoms with Gasteiger partial charge in [-0.3, -0.25) is 9.69 Å². The Balaban J connectivity index is 0.00000156. The molecule has 0 spiro atoms. The highest BCUT2D eigenvalue weighted by atomic mass is 35.5. The minimum Gasteiger partial charge on any atom is -0.373 e. The number of likely N-dealkylation sites (tertiary alicyclic amines) is 1. The van der Waals surface area contributed by atoms with Crippen molar-refractivity contribution in [1.29, 1.82) is 0 Å². The summed E-state index contributed by atoms with van der Waals surface area (Å²) in [5.41, 5.74) is 0. The number of hydrogen-bond donors (Lipinski definition) is 1. The van der Waals surface area contributed by atoms with E-state index in [1.165, 1.54) is 19.4 Å². The molecule has 2 atom stereocenters. The summed E-state index contributed by atoms with van der Waals surface area (Å²) >= 11 is 0. The second-order valence-corrected chi connectivity index (χ2v) is 7.87. The van der Waals surface area contributed by atoms with Crippen LogP contribution in [0.5, 0.6) is 0 Å². The Morgan fingerprint density at radius 1 is 1.00 bits per heavy atom.